The second-order valence-corrected chi connectivity index (χ2v) is 12.8. The van der Waals surface area contributed by atoms with Gasteiger partial charge >= 0.3 is 0 Å². The first kappa shape index (κ1) is 31.9. The van der Waals surface area contributed by atoms with Crippen molar-refractivity contribution in [1.82, 2.24) is 4.90 Å². The Morgan fingerprint density at radius 2 is 1.58 bits per heavy atom. The molecule has 0 aliphatic carbocycles. The number of carbonyl (C=O) groups excluding carboxylic acids is 2. The highest BCUT2D eigenvalue weighted by Crippen LogP contribution is 2.33. The van der Waals surface area contributed by atoms with Crippen LogP contribution in [0.5, 0.6) is 0 Å². The molecule has 1 aliphatic heterocycles. The number of hydrogen-bond donors (Lipinski definition) is 1. The molecule has 4 aromatic rings. The van der Waals surface area contributed by atoms with Gasteiger partial charge in [-0.25, -0.2) is 17.2 Å². The number of rotatable bonds is 8. The Hall–Kier alpha value is -4.48. The Balaban J connectivity index is 1.46. The van der Waals surface area contributed by atoms with Crippen LogP contribution in [-0.4, -0.2) is 51.3 Å². The molecule has 1 saturated heterocycles. The summed E-state index contributed by atoms with van der Waals surface area (Å²) in [6, 6.07) is 21.8. The maximum atomic E-state index is 14.4. The van der Waals surface area contributed by atoms with Crippen LogP contribution in [0.2, 0.25) is 5.02 Å². The minimum atomic E-state index is -4.37. The van der Waals surface area contributed by atoms with Gasteiger partial charge in [-0.05, 0) is 72.6 Å². The third kappa shape index (κ3) is 7.43. The van der Waals surface area contributed by atoms with E-state index in [-0.39, 0.29) is 39.3 Å². The van der Waals surface area contributed by atoms with Crippen molar-refractivity contribution in [3.8, 4) is 0 Å². The van der Waals surface area contributed by atoms with Gasteiger partial charge in [0.25, 0.3) is 15.9 Å². The van der Waals surface area contributed by atoms with Crippen LogP contribution in [0.1, 0.15) is 29.3 Å². The number of nitrogens with one attached hydrogen (secondary N) is 1. The van der Waals surface area contributed by atoms with Gasteiger partial charge in [0.1, 0.15) is 16.5 Å². The summed E-state index contributed by atoms with van der Waals surface area (Å²) in [7, 11) is -4.37. The molecule has 8 nitrogen and oxygen atoms in total. The molecule has 5 rings (SSSR count). The van der Waals surface area contributed by atoms with Crippen LogP contribution in [-0.2, 0) is 21.4 Å². The normalized spacial score (nSPS) is 13.7. The third-order valence-corrected chi connectivity index (χ3v) is 9.79. The van der Waals surface area contributed by atoms with Gasteiger partial charge in [0.05, 0.1) is 28.6 Å². The van der Waals surface area contributed by atoms with Gasteiger partial charge in [0, 0.05) is 38.7 Å². The molecular weight excluding hydrogens is 622 g/mol. The van der Waals surface area contributed by atoms with Crippen molar-refractivity contribution >= 4 is 50.5 Å². The highest BCUT2D eigenvalue weighted by Gasteiger charge is 2.29. The zero-order valence-corrected chi connectivity index (χ0v) is 26.0. The first-order chi connectivity index (χ1) is 21.5. The van der Waals surface area contributed by atoms with Crippen molar-refractivity contribution in [3.63, 3.8) is 0 Å². The lowest BCUT2D eigenvalue weighted by atomic mass is 10.2. The van der Waals surface area contributed by atoms with Crippen LogP contribution in [0.25, 0.3) is 0 Å². The lowest BCUT2D eigenvalue weighted by Crippen LogP contribution is -2.34. The zero-order chi connectivity index (χ0) is 32.1. The van der Waals surface area contributed by atoms with Gasteiger partial charge in [0.2, 0.25) is 5.91 Å². The van der Waals surface area contributed by atoms with Crippen LogP contribution >= 0.6 is 11.6 Å². The number of hydrogen-bond acceptors (Lipinski definition) is 5. The fourth-order valence-electron chi connectivity index (χ4n) is 5.18. The second-order valence-electron chi connectivity index (χ2n) is 10.6. The van der Waals surface area contributed by atoms with E-state index in [0.29, 0.717) is 43.9 Å². The van der Waals surface area contributed by atoms with Crippen molar-refractivity contribution < 1.29 is 26.8 Å². The highest BCUT2D eigenvalue weighted by molar-refractivity contribution is 7.93. The van der Waals surface area contributed by atoms with Crippen molar-refractivity contribution in [2.75, 3.05) is 40.7 Å². The predicted octanol–water partition coefficient (Wildman–Crippen LogP) is 6.32. The summed E-state index contributed by atoms with van der Waals surface area (Å²) < 4.78 is 57.5. The number of benzene rings is 4. The van der Waals surface area contributed by atoms with Gasteiger partial charge < -0.3 is 15.1 Å². The monoisotopic (exact) mass is 652 g/mol. The van der Waals surface area contributed by atoms with Gasteiger partial charge in [0.15, 0.2) is 0 Å². The third-order valence-electron chi connectivity index (χ3n) is 7.53. The van der Waals surface area contributed by atoms with Gasteiger partial charge in [-0.3, -0.25) is 13.9 Å². The molecule has 0 atom stereocenters. The Bertz CT molecular complexity index is 1810. The van der Waals surface area contributed by atoms with Crippen molar-refractivity contribution in [2.24, 2.45) is 0 Å². The molecule has 0 aromatic heterocycles. The standard InChI is InChI=1S/C33H31ClF2N4O4S/c1-23(41)38-16-5-17-39(19-18-38)31-15-11-27(36)21-30(31)37-33(42)25-8-14-29(34)32(20-25)45(43,44)40(22-24-6-3-2-4-7-24)28-12-9-26(35)10-13-28/h2-4,6-15,20-21H,5,16-19,22H2,1H3,(H,37,42). The first-order valence-electron chi connectivity index (χ1n) is 14.3. The largest absolute Gasteiger partial charge is 0.368 e. The van der Waals surface area contributed by atoms with Crippen LogP contribution in [0, 0.1) is 11.6 Å². The van der Waals surface area contributed by atoms with Gasteiger partial charge in [-0.2, -0.15) is 0 Å². The van der Waals surface area contributed by atoms with Gasteiger partial charge in [-0.1, -0.05) is 41.9 Å². The van der Waals surface area contributed by atoms with Gasteiger partial charge in [-0.15, -0.1) is 0 Å². The summed E-state index contributed by atoms with van der Waals surface area (Å²) in [5.74, 6) is -1.80. The summed E-state index contributed by atoms with van der Waals surface area (Å²) >= 11 is 6.42. The van der Waals surface area contributed by atoms with Crippen molar-refractivity contribution in [1.29, 1.82) is 0 Å². The van der Waals surface area contributed by atoms with E-state index in [1.165, 1.54) is 49.4 Å². The average molecular weight is 653 g/mol. The van der Waals surface area contributed by atoms with Crippen molar-refractivity contribution in [3.05, 3.63) is 119 Å². The molecule has 2 amide bonds. The quantitative estimate of drug-likeness (QED) is 0.241. The molecule has 4 aromatic carbocycles. The number of sulfonamides is 1. The molecule has 1 aliphatic rings. The van der Waals surface area contributed by atoms with E-state index in [1.807, 2.05) is 4.90 Å². The summed E-state index contributed by atoms with van der Waals surface area (Å²) in [6.07, 6.45) is 0.691. The molecular formula is C33H31ClF2N4O4S. The average Bonchev–Trinajstić information content (AvgIpc) is 3.28. The molecule has 45 heavy (non-hydrogen) atoms. The SMILES string of the molecule is CC(=O)N1CCCN(c2ccc(F)cc2NC(=O)c2ccc(Cl)c(S(=O)(=O)N(Cc3ccccc3)c3ccc(F)cc3)c2)CC1. The number of amides is 2. The van der Waals surface area contributed by atoms with E-state index >= 15 is 0 Å². The molecule has 234 valence electrons. The zero-order valence-electron chi connectivity index (χ0n) is 24.4. The van der Waals surface area contributed by atoms with E-state index in [1.54, 1.807) is 41.3 Å². The van der Waals surface area contributed by atoms with E-state index < -0.39 is 27.6 Å². The number of carbonyl (C=O) groups is 2. The first-order valence-corrected chi connectivity index (χ1v) is 16.1. The Morgan fingerprint density at radius 1 is 0.867 bits per heavy atom. The minimum Gasteiger partial charge on any atom is -0.368 e. The maximum absolute atomic E-state index is 14.4. The maximum Gasteiger partial charge on any atom is 0.266 e. The molecule has 1 heterocycles. The Kier molecular flexibility index (Phi) is 9.69. The smallest absolute Gasteiger partial charge is 0.266 e. The molecule has 1 fully saturated rings. The fourth-order valence-corrected chi connectivity index (χ4v) is 7.14. The van der Waals surface area contributed by atoms with Crippen LogP contribution < -0.4 is 14.5 Å². The van der Waals surface area contributed by atoms with Crippen LogP contribution in [0.15, 0.2) is 95.9 Å². The summed E-state index contributed by atoms with van der Waals surface area (Å²) in [5.41, 5.74) is 1.63. The van der Waals surface area contributed by atoms with E-state index in [4.69, 9.17) is 11.6 Å². The van der Waals surface area contributed by atoms with E-state index in [9.17, 15) is 26.8 Å². The summed E-state index contributed by atoms with van der Waals surface area (Å²) in [5, 5.41) is 2.62. The molecule has 0 bridgehead atoms. The lowest BCUT2D eigenvalue weighted by Gasteiger charge is -2.26. The van der Waals surface area contributed by atoms with Crippen molar-refractivity contribution in [2.45, 2.75) is 24.8 Å². The van der Waals surface area contributed by atoms with Crippen LogP contribution in [0.3, 0.4) is 0 Å². The van der Waals surface area contributed by atoms with E-state index in [0.717, 1.165) is 16.4 Å². The molecule has 0 saturated carbocycles. The lowest BCUT2D eigenvalue weighted by molar-refractivity contribution is -0.128. The number of anilines is 3. The number of nitrogens with zero attached hydrogens (tertiary/aromatic N) is 3. The highest BCUT2D eigenvalue weighted by atomic mass is 35.5. The van der Waals surface area contributed by atoms with Crippen LogP contribution in [0.4, 0.5) is 25.8 Å². The fraction of sp³-hybridized carbons (Fsp3) is 0.212. The number of halogens is 3. The second kappa shape index (κ2) is 13.7. The molecule has 0 spiro atoms. The minimum absolute atomic E-state index is 0.0226. The summed E-state index contributed by atoms with van der Waals surface area (Å²) in [6.45, 7) is 3.58. The Labute approximate surface area is 265 Å². The Morgan fingerprint density at radius 3 is 2.29 bits per heavy atom. The molecule has 1 N–H and O–H groups in total. The molecule has 12 heteroatoms. The topological polar surface area (TPSA) is 90.0 Å². The molecule has 0 unspecified atom stereocenters. The predicted molar refractivity (Wildman–Crippen MR) is 171 cm³/mol. The van der Waals surface area contributed by atoms with E-state index in [2.05, 4.69) is 5.32 Å². The summed E-state index contributed by atoms with van der Waals surface area (Å²) in [4.78, 5) is 28.8. The molecule has 0 radical (unpaired) electrons.